The van der Waals surface area contributed by atoms with Crippen molar-refractivity contribution >= 4 is 16.9 Å². The highest BCUT2D eigenvalue weighted by Crippen LogP contribution is 2.31. The molecule has 0 fully saturated rings. The molecule has 2 aromatic heterocycles. The maximum atomic E-state index is 11.6. The van der Waals surface area contributed by atoms with Crippen molar-refractivity contribution in [1.29, 1.82) is 0 Å². The van der Waals surface area contributed by atoms with Crippen LogP contribution in [0.25, 0.3) is 10.9 Å². The molecule has 4 heteroatoms. The van der Waals surface area contributed by atoms with Gasteiger partial charge in [0.25, 0.3) is 0 Å². The van der Waals surface area contributed by atoms with Gasteiger partial charge in [-0.15, -0.1) is 0 Å². The lowest BCUT2D eigenvalue weighted by Gasteiger charge is -2.13. The zero-order chi connectivity index (χ0) is 16.6. The Balaban J connectivity index is 2.26. The van der Waals surface area contributed by atoms with E-state index < -0.39 is 5.97 Å². The van der Waals surface area contributed by atoms with Crippen molar-refractivity contribution < 1.29 is 9.90 Å². The summed E-state index contributed by atoms with van der Waals surface area (Å²) in [6.07, 6.45) is 3.49. The number of pyridine rings is 1. The lowest BCUT2D eigenvalue weighted by atomic mass is 9.97. The molecule has 23 heavy (non-hydrogen) atoms. The Morgan fingerprint density at radius 2 is 2.09 bits per heavy atom. The van der Waals surface area contributed by atoms with Gasteiger partial charge in [-0.05, 0) is 36.6 Å². The minimum atomic E-state index is -0.893. The SMILES string of the molecule is Cc1cc(C(C)C)c2c(c1)c(C(=O)O)cn2Cc1ccccn1. The highest BCUT2D eigenvalue weighted by molar-refractivity contribution is 6.04. The van der Waals surface area contributed by atoms with Crippen LogP contribution in [0.5, 0.6) is 0 Å². The minimum Gasteiger partial charge on any atom is -0.478 e. The monoisotopic (exact) mass is 308 g/mol. The number of carboxylic acids is 1. The predicted octanol–water partition coefficient (Wildman–Crippen LogP) is 4.21. The van der Waals surface area contributed by atoms with E-state index in [1.54, 1.807) is 12.4 Å². The van der Waals surface area contributed by atoms with Gasteiger partial charge in [0.15, 0.2) is 0 Å². The second-order valence-electron chi connectivity index (χ2n) is 6.20. The second kappa shape index (κ2) is 5.88. The summed E-state index contributed by atoms with van der Waals surface area (Å²) in [5.41, 5.74) is 4.51. The number of benzene rings is 1. The number of aromatic nitrogens is 2. The van der Waals surface area contributed by atoms with Crippen molar-refractivity contribution in [3.8, 4) is 0 Å². The molecule has 1 N–H and O–H groups in total. The van der Waals surface area contributed by atoms with Gasteiger partial charge >= 0.3 is 5.97 Å². The molecule has 0 radical (unpaired) electrons. The highest BCUT2D eigenvalue weighted by atomic mass is 16.4. The van der Waals surface area contributed by atoms with Gasteiger partial charge in [0.2, 0.25) is 0 Å². The van der Waals surface area contributed by atoms with Crippen LogP contribution in [0.1, 0.15) is 46.9 Å². The van der Waals surface area contributed by atoms with E-state index >= 15 is 0 Å². The zero-order valence-corrected chi connectivity index (χ0v) is 13.6. The van der Waals surface area contributed by atoms with Gasteiger partial charge in [-0.2, -0.15) is 0 Å². The first-order valence-electron chi connectivity index (χ1n) is 7.74. The summed E-state index contributed by atoms with van der Waals surface area (Å²) in [6.45, 7) is 6.83. The molecule has 4 nitrogen and oxygen atoms in total. The van der Waals surface area contributed by atoms with Crippen LogP contribution in [-0.2, 0) is 6.54 Å². The number of aromatic carboxylic acids is 1. The molecule has 0 aliphatic carbocycles. The normalized spacial score (nSPS) is 11.3. The smallest absolute Gasteiger partial charge is 0.337 e. The quantitative estimate of drug-likeness (QED) is 0.785. The number of carbonyl (C=O) groups is 1. The van der Waals surface area contributed by atoms with E-state index in [0.717, 1.165) is 22.2 Å². The average Bonchev–Trinajstić information content (AvgIpc) is 2.86. The molecule has 0 amide bonds. The summed E-state index contributed by atoms with van der Waals surface area (Å²) in [5, 5.41) is 10.4. The number of carboxylic acid groups (broad SMARTS) is 1. The van der Waals surface area contributed by atoms with Crippen molar-refractivity contribution in [1.82, 2.24) is 9.55 Å². The first kappa shape index (κ1) is 15.3. The molecule has 3 rings (SSSR count). The minimum absolute atomic E-state index is 0.316. The Bertz CT molecular complexity index is 864. The van der Waals surface area contributed by atoms with Crippen molar-refractivity contribution in [2.24, 2.45) is 0 Å². The van der Waals surface area contributed by atoms with Crippen LogP contribution in [0.4, 0.5) is 0 Å². The summed E-state index contributed by atoms with van der Waals surface area (Å²) < 4.78 is 2.01. The Hall–Kier alpha value is -2.62. The third kappa shape index (κ3) is 2.84. The lowest BCUT2D eigenvalue weighted by Crippen LogP contribution is -2.03. The van der Waals surface area contributed by atoms with Crippen molar-refractivity contribution in [3.63, 3.8) is 0 Å². The van der Waals surface area contributed by atoms with Crippen LogP contribution >= 0.6 is 0 Å². The van der Waals surface area contributed by atoms with Crippen LogP contribution in [-0.4, -0.2) is 20.6 Å². The van der Waals surface area contributed by atoms with E-state index in [-0.39, 0.29) is 0 Å². The van der Waals surface area contributed by atoms with Gasteiger partial charge < -0.3 is 9.67 Å². The van der Waals surface area contributed by atoms with Crippen molar-refractivity contribution in [3.05, 3.63) is 65.1 Å². The van der Waals surface area contributed by atoms with Crippen LogP contribution in [0.3, 0.4) is 0 Å². The molecule has 2 heterocycles. The van der Waals surface area contributed by atoms with E-state index in [1.165, 1.54) is 5.56 Å². The first-order chi connectivity index (χ1) is 11.0. The fraction of sp³-hybridized carbons (Fsp3) is 0.263. The van der Waals surface area contributed by atoms with Crippen LogP contribution < -0.4 is 0 Å². The maximum absolute atomic E-state index is 11.6. The van der Waals surface area contributed by atoms with Gasteiger partial charge in [0.1, 0.15) is 0 Å². The fourth-order valence-corrected chi connectivity index (χ4v) is 3.02. The van der Waals surface area contributed by atoms with E-state index in [9.17, 15) is 9.90 Å². The van der Waals surface area contributed by atoms with Crippen LogP contribution in [0.2, 0.25) is 0 Å². The van der Waals surface area contributed by atoms with Crippen LogP contribution in [0, 0.1) is 6.92 Å². The molecular formula is C19H20N2O2. The van der Waals surface area contributed by atoms with Crippen molar-refractivity contribution in [2.45, 2.75) is 33.2 Å². The highest BCUT2D eigenvalue weighted by Gasteiger charge is 2.19. The maximum Gasteiger partial charge on any atom is 0.337 e. The van der Waals surface area contributed by atoms with Gasteiger partial charge in [-0.25, -0.2) is 4.79 Å². The molecule has 0 unspecified atom stereocenters. The van der Waals surface area contributed by atoms with Gasteiger partial charge in [-0.1, -0.05) is 31.5 Å². The molecule has 3 aromatic rings. The number of hydrogen-bond acceptors (Lipinski definition) is 2. The Labute approximate surface area is 135 Å². The number of nitrogens with zero attached hydrogens (tertiary/aromatic N) is 2. The number of rotatable bonds is 4. The first-order valence-corrected chi connectivity index (χ1v) is 7.74. The molecule has 118 valence electrons. The van der Waals surface area contributed by atoms with Crippen LogP contribution in [0.15, 0.2) is 42.7 Å². The largest absolute Gasteiger partial charge is 0.478 e. The molecular weight excluding hydrogens is 288 g/mol. The molecule has 0 saturated carbocycles. The van der Waals surface area contributed by atoms with Crippen molar-refractivity contribution in [2.75, 3.05) is 0 Å². The summed E-state index contributed by atoms with van der Waals surface area (Å²) in [7, 11) is 0. The summed E-state index contributed by atoms with van der Waals surface area (Å²) in [4.78, 5) is 16.0. The van der Waals surface area contributed by atoms with E-state index in [4.69, 9.17) is 0 Å². The molecule has 0 aliphatic heterocycles. The summed E-state index contributed by atoms with van der Waals surface area (Å²) >= 11 is 0. The Morgan fingerprint density at radius 3 is 2.70 bits per heavy atom. The topological polar surface area (TPSA) is 55.1 Å². The number of fused-ring (bicyclic) bond motifs is 1. The van der Waals surface area contributed by atoms with E-state index in [2.05, 4.69) is 24.9 Å². The van der Waals surface area contributed by atoms with Gasteiger partial charge in [-0.3, -0.25) is 4.98 Å². The predicted molar refractivity (Wildman–Crippen MR) is 91.1 cm³/mol. The number of hydrogen-bond donors (Lipinski definition) is 1. The molecule has 0 saturated heterocycles. The zero-order valence-electron chi connectivity index (χ0n) is 13.6. The number of aryl methyl sites for hydroxylation is 1. The molecule has 0 atom stereocenters. The average molecular weight is 308 g/mol. The van der Waals surface area contributed by atoms with E-state index in [1.807, 2.05) is 35.8 Å². The fourth-order valence-electron chi connectivity index (χ4n) is 3.02. The Kier molecular flexibility index (Phi) is 3.90. The third-order valence-electron chi connectivity index (χ3n) is 4.06. The molecule has 0 spiro atoms. The summed E-state index contributed by atoms with van der Waals surface area (Å²) in [6, 6.07) is 9.88. The lowest BCUT2D eigenvalue weighted by molar-refractivity contribution is 0.0699. The molecule has 1 aromatic carbocycles. The van der Waals surface area contributed by atoms with Gasteiger partial charge in [0, 0.05) is 17.8 Å². The summed E-state index contributed by atoms with van der Waals surface area (Å²) in [5.74, 6) is -0.577. The van der Waals surface area contributed by atoms with Gasteiger partial charge in [0.05, 0.1) is 23.3 Å². The molecule has 0 aliphatic rings. The Morgan fingerprint density at radius 1 is 1.30 bits per heavy atom. The standard InChI is InChI=1S/C19H20N2O2/c1-12(2)15-8-13(3)9-16-17(19(22)23)11-21(18(15)16)10-14-6-4-5-7-20-14/h4-9,11-12H,10H2,1-3H3,(H,22,23). The molecule has 0 bridgehead atoms. The third-order valence-corrected chi connectivity index (χ3v) is 4.06. The van der Waals surface area contributed by atoms with E-state index in [0.29, 0.717) is 18.0 Å². The second-order valence-corrected chi connectivity index (χ2v) is 6.20.